The van der Waals surface area contributed by atoms with E-state index in [1.54, 1.807) is 0 Å². The molecule has 0 amide bonds. The van der Waals surface area contributed by atoms with Gasteiger partial charge < -0.3 is 4.42 Å². The van der Waals surface area contributed by atoms with Gasteiger partial charge in [-0.25, -0.2) is 9.97 Å². The second-order valence-corrected chi connectivity index (χ2v) is 13.0. The van der Waals surface area contributed by atoms with Gasteiger partial charge in [0.1, 0.15) is 11.2 Å². The Labute approximate surface area is 295 Å². The molecule has 0 spiro atoms. The highest BCUT2D eigenvalue weighted by atomic mass is 16.3. The highest BCUT2D eigenvalue weighted by molar-refractivity contribution is 6.13. The summed E-state index contributed by atoms with van der Waals surface area (Å²) in [5.74, 6) is 0.679. The van der Waals surface area contributed by atoms with Gasteiger partial charge in [0, 0.05) is 27.5 Å². The van der Waals surface area contributed by atoms with Gasteiger partial charge in [-0.15, -0.1) is 0 Å². The summed E-state index contributed by atoms with van der Waals surface area (Å²) < 4.78 is 6.50. The lowest BCUT2D eigenvalue weighted by Crippen LogP contribution is -1.97. The molecule has 3 nitrogen and oxygen atoms in total. The first-order valence-corrected chi connectivity index (χ1v) is 17.2. The van der Waals surface area contributed by atoms with Gasteiger partial charge in [0.05, 0.1) is 11.4 Å². The van der Waals surface area contributed by atoms with E-state index in [0.717, 1.165) is 71.9 Å². The number of hydrogen-bond donors (Lipinski definition) is 0. The molecule has 2 aromatic heterocycles. The molecule has 10 aromatic rings. The number of rotatable bonds is 5. The van der Waals surface area contributed by atoms with E-state index in [1.807, 2.05) is 18.2 Å². The number of hydrogen-bond acceptors (Lipinski definition) is 3. The molecular weight excluding hydrogens is 621 g/mol. The Kier molecular flexibility index (Phi) is 6.81. The Bertz CT molecular complexity index is 2910. The second kappa shape index (κ2) is 11.9. The minimum atomic E-state index is 0.679. The van der Waals surface area contributed by atoms with Crippen LogP contribution in [-0.2, 0) is 0 Å². The molecule has 0 aliphatic heterocycles. The molecule has 2 heterocycles. The van der Waals surface area contributed by atoms with Crippen molar-refractivity contribution in [2.24, 2.45) is 0 Å². The van der Waals surface area contributed by atoms with Crippen molar-refractivity contribution in [1.82, 2.24) is 9.97 Å². The van der Waals surface area contributed by atoms with Crippen molar-refractivity contribution < 1.29 is 4.42 Å². The van der Waals surface area contributed by atoms with Gasteiger partial charge in [0.25, 0.3) is 0 Å². The van der Waals surface area contributed by atoms with E-state index >= 15 is 0 Å². The molecular formula is C48H30N2O. The Morgan fingerprint density at radius 1 is 0.333 bits per heavy atom. The molecule has 0 saturated heterocycles. The molecule has 0 unspecified atom stereocenters. The fourth-order valence-corrected chi connectivity index (χ4v) is 7.26. The molecule has 0 radical (unpaired) electrons. The van der Waals surface area contributed by atoms with E-state index in [2.05, 4.69) is 164 Å². The fourth-order valence-electron chi connectivity index (χ4n) is 7.26. The summed E-state index contributed by atoms with van der Waals surface area (Å²) in [6, 6.07) is 63.9. The van der Waals surface area contributed by atoms with Crippen molar-refractivity contribution in [2.45, 2.75) is 0 Å². The quantitative estimate of drug-likeness (QED) is 0.186. The highest BCUT2D eigenvalue weighted by Gasteiger charge is 2.19. The molecule has 0 N–H and O–H groups in total. The van der Waals surface area contributed by atoms with Crippen molar-refractivity contribution in [3.8, 4) is 56.2 Å². The number of benzene rings is 8. The van der Waals surface area contributed by atoms with Gasteiger partial charge >= 0.3 is 0 Å². The van der Waals surface area contributed by atoms with Gasteiger partial charge in [0.15, 0.2) is 5.82 Å². The van der Waals surface area contributed by atoms with E-state index in [0.29, 0.717) is 5.82 Å². The zero-order valence-corrected chi connectivity index (χ0v) is 27.6. The summed E-state index contributed by atoms with van der Waals surface area (Å²) in [5, 5.41) is 6.80. The van der Waals surface area contributed by atoms with Gasteiger partial charge in [-0.05, 0) is 86.3 Å². The van der Waals surface area contributed by atoms with E-state index < -0.39 is 0 Å². The smallest absolute Gasteiger partial charge is 0.160 e. The Morgan fingerprint density at radius 2 is 0.902 bits per heavy atom. The normalized spacial score (nSPS) is 11.5. The van der Waals surface area contributed by atoms with Crippen LogP contribution in [-0.4, -0.2) is 9.97 Å². The molecule has 51 heavy (non-hydrogen) atoms. The summed E-state index contributed by atoms with van der Waals surface area (Å²) in [6.07, 6.45) is 0. The molecule has 10 rings (SSSR count). The summed E-state index contributed by atoms with van der Waals surface area (Å²) >= 11 is 0. The largest absolute Gasteiger partial charge is 0.456 e. The average Bonchev–Trinajstić information content (AvgIpc) is 3.59. The maximum Gasteiger partial charge on any atom is 0.160 e. The lowest BCUT2D eigenvalue weighted by atomic mass is 9.95. The zero-order valence-electron chi connectivity index (χ0n) is 27.6. The van der Waals surface area contributed by atoms with Crippen LogP contribution in [0.5, 0.6) is 0 Å². The van der Waals surface area contributed by atoms with Crippen LogP contribution in [0, 0.1) is 0 Å². The second-order valence-electron chi connectivity index (χ2n) is 13.0. The molecule has 8 aromatic carbocycles. The predicted molar refractivity (Wildman–Crippen MR) is 212 cm³/mol. The SMILES string of the molecule is c1ccc(-c2ccc3cc(-c4cc(-c5cc(-c6ccccc6)cc6oc7ccccc7c56)nc(-c5ccc6ccccc6c5)n4)ccc3c2)cc1. The number of nitrogens with zero attached hydrogens (tertiary/aromatic N) is 2. The molecule has 0 atom stereocenters. The summed E-state index contributed by atoms with van der Waals surface area (Å²) in [6.45, 7) is 0. The Hall–Kier alpha value is -6.84. The van der Waals surface area contributed by atoms with Gasteiger partial charge in [-0.3, -0.25) is 0 Å². The first-order chi connectivity index (χ1) is 25.2. The molecule has 0 saturated carbocycles. The lowest BCUT2D eigenvalue weighted by molar-refractivity contribution is 0.669. The van der Waals surface area contributed by atoms with Crippen LogP contribution in [0.3, 0.4) is 0 Å². The van der Waals surface area contributed by atoms with Crippen molar-refractivity contribution in [3.63, 3.8) is 0 Å². The topological polar surface area (TPSA) is 38.9 Å². The van der Waals surface area contributed by atoms with Crippen molar-refractivity contribution in [3.05, 3.63) is 182 Å². The summed E-state index contributed by atoms with van der Waals surface area (Å²) in [5.41, 5.74) is 11.0. The fraction of sp³-hybridized carbons (Fsp3) is 0. The first kappa shape index (κ1) is 29.1. The van der Waals surface area contributed by atoms with Crippen LogP contribution in [0.4, 0.5) is 0 Å². The zero-order chi connectivity index (χ0) is 33.7. The summed E-state index contributed by atoms with van der Waals surface area (Å²) in [4.78, 5) is 10.6. The highest BCUT2D eigenvalue weighted by Crippen LogP contribution is 2.41. The first-order valence-electron chi connectivity index (χ1n) is 17.2. The number of para-hydroxylation sites is 1. The van der Waals surface area contributed by atoms with Crippen molar-refractivity contribution in [1.29, 1.82) is 0 Å². The van der Waals surface area contributed by atoms with E-state index in [1.165, 1.54) is 21.9 Å². The van der Waals surface area contributed by atoms with Crippen LogP contribution in [0.2, 0.25) is 0 Å². The molecule has 0 fully saturated rings. The van der Waals surface area contributed by atoms with Crippen LogP contribution < -0.4 is 0 Å². The minimum absolute atomic E-state index is 0.679. The van der Waals surface area contributed by atoms with Crippen LogP contribution in [0.1, 0.15) is 0 Å². The third-order valence-electron chi connectivity index (χ3n) is 9.84. The van der Waals surface area contributed by atoms with Crippen LogP contribution >= 0.6 is 0 Å². The van der Waals surface area contributed by atoms with Crippen LogP contribution in [0.25, 0.3) is 99.6 Å². The third kappa shape index (κ3) is 5.24. The van der Waals surface area contributed by atoms with Gasteiger partial charge in [0.2, 0.25) is 0 Å². The average molecular weight is 651 g/mol. The predicted octanol–water partition coefficient (Wildman–Crippen LogP) is 13.0. The van der Waals surface area contributed by atoms with Crippen molar-refractivity contribution in [2.75, 3.05) is 0 Å². The van der Waals surface area contributed by atoms with E-state index in [4.69, 9.17) is 14.4 Å². The molecule has 238 valence electrons. The Morgan fingerprint density at radius 3 is 1.71 bits per heavy atom. The van der Waals surface area contributed by atoms with Gasteiger partial charge in [-0.2, -0.15) is 0 Å². The van der Waals surface area contributed by atoms with E-state index in [-0.39, 0.29) is 0 Å². The maximum absolute atomic E-state index is 6.50. The number of aromatic nitrogens is 2. The van der Waals surface area contributed by atoms with Crippen LogP contribution in [0.15, 0.2) is 186 Å². The standard InChI is InChI=1S/C48H30N2O/c1-3-11-31(12-4-1)35-20-21-37-26-38(23-22-36(37)25-35)43-30-44(50-48(49-43)39-24-19-33-15-7-8-16-34(33)27-39)42-28-40(32-13-5-2-6-14-32)29-46-47(42)41-17-9-10-18-45(41)51-46/h1-30H. The van der Waals surface area contributed by atoms with Crippen molar-refractivity contribution >= 4 is 43.5 Å². The molecule has 0 bridgehead atoms. The molecule has 0 aliphatic rings. The van der Waals surface area contributed by atoms with E-state index in [9.17, 15) is 0 Å². The minimum Gasteiger partial charge on any atom is -0.456 e. The number of fused-ring (bicyclic) bond motifs is 5. The van der Waals surface area contributed by atoms with Gasteiger partial charge in [-0.1, -0.05) is 140 Å². The monoisotopic (exact) mass is 650 g/mol. The lowest BCUT2D eigenvalue weighted by Gasteiger charge is -2.13. The molecule has 3 heteroatoms. The maximum atomic E-state index is 6.50. The molecule has 0 aliphatic carbocycles. The third-order valence-corrected chi connectivity index (χ3v) is 9.84. The summed E-state index contributed by atoms with van der Waals surface area (Å²) in [7, 11) is 0. The Balaban J connectivity index is 1.21. The number of furan rings is 1.